The molecular weight excluding hydrogens is 321 g/mol. The molecule has 1 aromatic carbocycles. The number of carbonyl (C=O) groups is 1. The summed E-state index contributed by atoms with van der Waals surface area (Å²) in [6.45, 7) is 9.07. The van der Waals surface area contributed by atoms with Crippen molar-refractivity contribution >= 4 is 11.8 Å². The molecule has 0 aliphatic carbocycles. The first-order valence-corrected chi connectivity index (χ1v) is 8.53. The van der Waals surface area contributed by atoms with Gasteiger partial charge in [-0.15, -0.1) is 0 Å². The van der Waals surface area contributed by atoms with Gasteiger partial charge in [-0.1, -0.05) is 32.0 Å². The fraction of sp³-hybridized carbons (Fsp3) is 0.474. The van der Waals surface area contributed by atoms with E-state index in [2.05, 4.69) is 10.5 Å². The van der Waals surface area contributed by atoms with Crippen LogP contribution in [-0.2, 0) is 16.6 Å². The van der Waals surface area contributed by atoms with Crippen LogP contribution in [0.2, 0.25) is 0 Å². The van der Waals surface area contributed by atoms with Gasteiger partial charge in [0.2, 0.25) is 11.8 Å². The average Bonchev–Trinajstić information content (AvgIpc) is 2.99. The Morgan fingerprint density at radius 1 is 1.40 bits per heavy atom. The van der Waals surface area contributed by atoms with Crippen molar-refractivity contribution in [3.8, 4) is 0 Å². The number of halogens is 1. The van der Waals surface area contributed by atoms with Gasteiger partial charge in [-0.25, -0.2) is 4.39 Å². The molecule has 134 valence electrons. The van der Waals surface area contributed by atoms with Gasteiger partial charge in [-0.3, -0.25) is 15.0 Å². The number of benzene rings is 1. The van der Waals surface area contributed by atoms with Crippen LogP contribution in [0.1, 0.15) is 50.6 Å². The largest absolute Gasteiger partial charge is 0.338 e. The number of aromatic nitrogens is 1. The smallest absolute Gasteiger partial charge is 0.240 e. The van der Waals surface area contributed by atoms with E-state index < -0.39 is 0 Å². The first kappa shape index (κ1) is 17.6. The first-order chi connectivity index (χ1) is 11.7. The predicted molar refractivity (Wildman–Crippen MR) is 93.9 cm³/mol. The second-order valence-corrected chi connectivity index (χ2v) is 7.61. The molecule has 1 N–H and O–H groups in total. The minimum absolute atomic E-state index is 0.00920. The number of anilines is 1. The van der Waals surface area contributed by atoms with Gasteiger partial charge < -0.3 is 4.52 Å². The van der Waals surface area contributed by atoms with Gasteiger partial charge in [0.05, 0.1) is 12.2 Å². The Labute approximate surface area is 147 Å². The molecule has 2 heterocycles. The highest BCUT2D eigenvalue weighted by molar-refractivity contribution is 5.91. The Kier molecular flexibility index (Phi) is 4.64. The number of hydrogen-bond acceptors (Lipinski definition) is 4. The molecule has 5 nitrogen and oxygen atoms in total. The molecule has 2 aromatic rings. The summed E-state index contributed by atoms with van der Waals surface area (Å²) >= 11 is 0. The number of amides is 1. The van der Waals surface area contributed by atoms with Gasteiger partial charge in [0, 0.05) is 24.1 Å². The van der Waals surface area contributed by atoms with E-state index in [1.54, 1.807) is 12.1 Å². The van der Waals surface area contributed by atoms with Gasteiger partial charge in [-0.05, 0) is 36.6 Å². The zero-order chi connectivity index (χ0) is 18.2. The van der Waals surface area contributed by atoms with Crippen molar-refractivity contribution in [3.05, 3.63) is 46.9 Å². The van der Waals surface area contributed by atoms with Crippen molar-refractivity contribution in [1.82, 2.24) is 10.1 Å². The molecule has 25 heavy (non-hydrogen) atoms. The average molecular weight is 345 g/mol. The molecule has 6 heteroatoms. The Hall–Kier alpha value is -2.21. The first-order valence-electron chi connectivity index (χ1n) is 8.53. The zero-order valence-corrected chi connectivity index (χ0v) is 15.1. The summed E-state index contributed by atoms with van der Waals surface area (Å²) in [4.78, 5) is 14.4. The lowest BCUT2D eigenvalue weighted by atomic mass is 9.92. The zero-order valence-electron chi connectivity index (χ0n) is 15.1. The lowest BCUT2D eigenvalue weighted by Gasteiger charge is -2.34. The lowest BCUT2D eigenvalue weighted by molar-refractivity contribution is -0.118. The maximum Gasteiger partial charge on any atom is 0.240 e. The van der Waals surface area contributed by atoms with Gasteiger partial charge in [-0.2, -0.15) is 0 Å². The predicted octanol–water partition coefficient (Wildman–Crippen LogP) is 3.67. The number of carbonyl (C=O) groups excluding carboxylic acids is 1. The van der Waals surface area contributed by atoms with Gasteiger partial charge >= 0.3 is 0 Å². The Balaban J connectivity index is 1.64. The molecular formula is C19H24FN3O2. The van der Waals surface area contributed by atoms with E-state index in [9.17, 15) is 9.18 Å². The highest BCUT2D eigenvalue weighted by Crippen LogP contribution is 2.30. The van der Waals surface area contributed by atoms with Crippen molar-refractivity contribution in [3.63, 3.8) is 0 Å². The summed E-state index contributed by atoms with van der Waals surface area (Å²) in [5, 5.41) is 6.75. The van der Waals surface area contributed by atoms with Crippen LogP contribution < -0.4 is 5.32 Å². The van der Waals surface area contributed by atoms with Crippen molar-refractivity contribution in [2.24, 2.45) is 0 Å². The molecule has 0 fully saturated rings. The number of rotatable bonds is 3. The quantitative estimate of drug-likeness (QED) is 0.922. The summed E-state index contributed by atoms with van der Waals surface area (Å²) in [5.74, 6) is -0.0531. The number of nitrogens with one attached hydrogen (secondary N) is 1. The summed E-state index contributed by atoms with van der Waals surface area (Å²) in [5.41, 5.74) is 2.75. The summed E-state index contributed by atoms with van der Waals surface area (Å²) in [6, 6.07) is 6.63. The van der Waals surface area contributed by atoms with Crippen molar-refractivity contribution in [2.45, 2.75) is 45.6 Å². The molecule has 0 saturated heterocycles. The van der Waals surface area contributed by atoms with E-state index in [1.807, 2.05) is 38.7 Å². The van der Waals surface area contributed by atoms with Crippen LogP contribution >= 0.6 is 0 Å². The van der Waals surface area contributed by atoms with Crippen LogP contribution in [0.3, 0.4) is 0 Å². The number of hydrogen-bond donors (Lipinski definition) is 1. The van der Waals surface area contributed by atoms with Crippen molar-refractivity contribution < 1.29 is 13.7 Å². The van der Waals surface area contributed by atoms with Crippen LogP contribution in [-0.4, -0.2) is 29.1 Å². The monoisotopic (exact) mass is 345 g/mol. The molecule has 0 bridgehead atoms. The molecule has 1 aliphatic rings. The summed E-state index contributed by atoms with van der Waals surface area (Å²) in [7, 11) is 0. The Bertz CT molecular complexity index is 779. The molecule has 1 aliphatic heterocycles. The second-order valence-electron chi connectivity index (χ2n) is 7.61. The third-order valence-electron chi connectivity index (χ3n) is 4.66. The molecule has 0 radical (unpaired) electrons. The fourth-order valence-electron chi connectivity index (χ4n) is 3.10. The minimum atomic E-state index is -0.242. The molecule has 1 amide bonds. The molecule has 1 atom stereocenters. The van der Waals surface area contributed by atoms with E-state index >= 15 is 0 Å². The van der Waals surface area contributed by atoms with Crippen LogP contribution in [0.4, 0.5) is 10.3 Å². The van der Waals surface area contributed by atoms with E-state index in [0.717, 1.165) is 29.8 Å². The second kappa shape index (κ2) is 6.59. The molecule has 0 saturated carbocycles. The molecule has 1 unspecified atom stereocenters. The van der Waals surface area contributed by atoms with Crippen molar-refractivity contribution in [1.29, 1.82) is 0 Å². The molecule has 0 spiro atoms. The summed E-state index contributed by atoms with van der Waals surface area (Å²) in [6.07, 6.45) is 0.809. The van der Waals surface area contributed by atoms with Gasteiger partial charge in [0.1, 0.15) is 5.82 Å². The standard InChI is InChI=1S/C19H24FN3O2/c1-12-15-9-14(20)6-5-13(15)7-8-23(12)11-17(24)21-18-10-16(22-25-18)19(2,3)4/h5-6,9-10,12H,7-8,11H2,1-4H3,(H,21,24). The van der Waals surface area contributed by atoms with E-state index in [-0.39, 0.29) is 29.7 Å². The molecule has 1 aromatic heterocycles. The van der Waals surface area contributed by atoms with Crippen LogP contribution in [0.5, 0.6) is 0 Å². The Morgan fingerprint density at radius 3 is 2.84 bits per heavy atom. The lowest BCUT2D eigenvalue weighted by Crippen LogP contribution is -2.39. The molecule has 3 rings (SSSR count). The highest BCUT2D eigenvalue weighted by Gasteiger charge is 2.26. The van der Waals surface area contributed by atoms with Gasteiger partial charge in [0.15, 0.2) is 0 Å². The Morgan fingerprint density at radius 2 is 2.16 bits per heavy atom. The highest BCUT2D eigenvalue weighted by atomic mass is 19.1. The SMILES string of the molecule is CC1c2cc(F)ccc2CCN1CC(=O)Nc1cc(C(C)(C)C)no1. The number of nitrogens with zero attached hydrogens (tertiary/aromatic N) is 2. The third-order valence-corrected chi connectivity index (χ3v) is 4.66. The van der Waals surface area contributed by atoms with E-state index in [0.29, 0.717) is 5.88 Å². The maximum atomic E-state index is 13.5. The van der Waals surface area contributed by atoms with E-state index in [1.165, 1.54) is 6.07 Å². The number of fused-ring (bicyclic) bond motifs is 1. The topological polar surface area (TPSA) is 58.4 Å². The third kappa shape index (κ3) is 3.90. The van der Waals surface area contributed by atoms with E-state index in [4.69, 9.17) is 4.52 Å². The fourth-order valence-corrected chi connectivity index (χ4v) is 3.10. The summed E-state index contributed by atoms with van der Waals surface area (Å²) < 4.78 is 18.7. The van der Waals surface area contributed by atoms with Crippen LogP contribution in [0, 0.1) is 5.82 Å². The maximum absolute atomic E-state index is 13.5. The normalized spacial score (nSPS) is 18.0. The van der Waals surface area contributed by atoms with Crippen LogP contribution in [0.15, 0.2) is 28.8 Å². The van der Waals surface area contributed by atoms with Gasteiger partial charge in [0.25, 0.3) is 0 Å². The minimum Gasteiger partial charge on any atom is -0.338 e. The van der Waals surface area contributed by atoms with Crippen LogP contribution in [0.25, 0.3) is 0 Å². The van der Waals surface area contributed by atoms with Crippen molar-refractivity contribution in [2.75, 3.05) is 18.4 Å².